The Labute approximate surface area is 94.2 Å². The van der Waals surface area contributed by atoms with E-state index in [-0.39, 0.29) is 11.9 Å². The molecule has 1 aromatic heterocycles. The molecule has 1 rings (SSSR count). The first-order valence-electron chi connectivity index (χ1n) is 4.90. The van der Waals surface area contributed by atoms with Crippen LogP contribution in [0.15, 0.2) is 18.3 Å². The second kappa shape index (κ2) is 6.04. The zero-order chi connectivity index (χ0) is 12.0. The molecule has 0 spiro atoms. The summed E-state index contributed by atoms with van der Waals surface area (Å²) in [7, 11) is 1.59. The van der Waals surface area contributed by atoms with Crippen molar-refractivity contribution in [3.8, 4) is 0 Å². The summed E-state index contributed by atoms with van der Waals surface area (Å²) >= 11 is 0. The van der Waals surface area contributed by atoms with Gasteiger partial charge in [-0.25, -0.2) is 10.8 Å². The third kappa shape index (κ3) is 3.48. The molecule has 1 heterocycles. The quantitative estimate of drug-likeness (QED) is 0.488. The van der Waals surface area contributed by atoms with E-state index in [1.807, 2.05) is 6.92 Å². The SMILES string of the molecule is COCC(C)NC(=O)c1ccnc(NN)c1. The molecule has 4 N–H and O–H groups in total. The monoisotopic (exact) mass is 224 g/mol. The summed E-state index contributed by atoms with van der Waals surface area (Å²) < 4.78 is 4.93. The van der Waals surface area contributed by atoms with Crippen molar-refractivity contribution in [3.05, 3.63) is 23.9 Å². The first kappa shape index (κ1) is 12.4. The molecule has 6 heteroatoms. The van der Waals surface area contributed by atoms with Crippen LogP contribution in [0.4, 0.5) is 5.82 Å². The molecular weight excluding hydrogens is 208 g/mol. The number of nitrogens with zero attached hydrogens (tertiary/aromatic N) is 1. The molecule has 1 atom stereocenters. The number of carbonyl (C=O) groups excluding carboxylic acids is 1. The molecule has 1 amide bonds. The lowest BCUT2D eigenvalue weighted by Gasteiger charge is -2.12. The average Bonchev–Trinajstić information content (AvgIpc) is 2.29. The smallest absolute Gasteiger partial charge is 0.251 e. The molecule has 0 aromatic carbocycles. The number of amides is 1. The maximum Gasteiger partial charge on any atom is 0.251 e. The van der Waals surface area contributed by atoms with Gasteiger partial charge in [0.25, 0.3) is 5.91 Å². The number of nitrogen functional groups attached to an aromatic ring is 1. The van der Waals surface area contributed by atoms with Gasteiger partial charge in [0.1, 0.15) is 5.82 Å². The van der Waals surface area contributed by atoms with Crippen LogP contribution in [0.2, 0.25) is 0 Å². The Hall–Kier alpha value is -1.66. The van der Waals surface area contributed by atoms with Gasteiger partial charge in [0.05, 0.1) is 6.61 Å². The maximum atomic E-state index is 11.7. The van der Waals surface area contributed by atoms with Gasteiger partial charge in [0.15, 0.2) is 0 Å². The molecule has 0 saturated carbocycles. The Bertz CT molecular complexity index is 356. The van der Waals surface area contributed by atoms with Crippen LogP contribution in [0.5, 0.6) is 0 Å². The second-order valence-electron chi connectivity index (χ2n) is 3.40. The van der Waals surface area contributed by atoms with Crippen molar-refractivity contribution in [2.24, 2.45) is 5.84 Å². The van der Waals surface area contributed by atoms with Crippen molar-refractivity contribution in [2.45, 2.75) is 13.0 Å². The number of aromatic nitrogens is 1. The fraction of sp³-hybridized carbons (Fsp3) is 0.400. The number of methoxy groups -OCH3 is 1. The van der Waals surface area contributed by atoms with Crippen LogP contribution in [-0.4, -0.2) is 30.6 Å². The molecule has 88 valence electrons. The Morgan fingerprint density at radius 1 is 1.69 bits per heavy atom. The number of ether oxygens (including phenoxy) is 1. The number of rotatable bonds is 5. The molecule has 6 nitrogen and oxygen atoms in total. The van der Waals surface area contributed by atoms with Gasteiger partial charge in [0.2, 0.25) is 0 Å². The number of hydrogen-bond acceptors (Lipinski definition) is 5. The predicted molar refractivity (Wildman–Crippen MR) is 60.9 cm³/mol. The summed E-state index contributed by atoms with van der Waals surface area (Å²) in [6.07, 6.45) is 1.52. The van der Waals surface area contributed by atoms with E-state index in [9.17, 15) is 4.79 Å². The van der Waals surface area contributed by atoms with E-state index in [2.05, 4.69) is 15.7 Å². The molecule has 1 unspecified atom stereocenters. The van der Waals surface area contributed by atoms with Crippen molar-refractivity contribution in [1.82, 2.24) is 10.3 Å². The number of carbonyl (C=O) groups is 1. The van der Waals surface area contributed by atoms with E-state index >= 15 is 0 Å². The van der Waals surface area contributed by atoms with Crippen molar-refractivity contribution in [3.63, 3.8) is 0 Å². The van der Waals surface area contributed by atoms with Crippen molar-refractivity contribution in [1.29, 1.82) is 0 Å². The van der Waals surface area contributed by atoms with E-state index < -0.39 is 0 Å². The van der Waals surface area contributed by atoms with Gasteiger partial charge in [-0.1, -0.05) is 0 Å². The molecule has 1 aromatic rings. The van der Waals surface area contributed by atoms with E-state index in [1.54, 1.807) is 19.2 Å². The highest BCUT2D eigenvalue weighted by Gasteiger charge is 2.09. The van der Waals surface area contributed by atoms with E-state index in [0.717, 1.165) is 0 Å². The van der Waals surface area contributed by atoms with Crippen LogP contribution in [0.3, 0.4) is 0 Å². The number of nitrogens with two attached hydrogens (primary N) is 1. The first-order chi connectivity index (χ1) is 7.67. The third-order valence-electron chi connectivity index (χ3n) is 1.96. The molecule has 0 aliphatic heterocycles. The van der Waals surface area contributed by atoms with Crippen molar-refractivity contribution >= 4 is 11.7 Å². The number of hydrazine groups is 1. The lowest BCUT2D eigenvalue weighted by Crippen LogP contribution is -2.35. The molecule has 0 aliphatic carbocycles. The van der Waals surface area contributed by atoms with E-state index in [4.69, 9.17) is 10.6 Å². The van der Waals surface area contributed by atoms with E-state index in [0.29, 0.717) is 18.0 Å². The summed E-state index contributed by atoms with van der Waals surface area (Å²) in [5.74, 6) is 5.48. The minimum Gasteiger partial charge on any atom is -0.383 e. The summed E-state index contributed by atoms with van der Waals surface area (Å²) in [5, 5.41) is 2.79. The van der Waals surface area contributed by atoms with Crippen LogP contribution in [-0.2, 0) is 4.74 Å². The number of nitrogens with one attached hydrogen (secondary N) is 2. The maximum absolute atomic E-state index is 11.7. The van der Waals surface area contributed by atoms with Crippen LogP contribution in [0.1, 0.15) is 17.3 Å². The predicted octanol–water partition coefficient (Wildman–Crippen LogP) is 0.132. The Morgan fingerprint density at radius 2 is 2.44 bits per heavy atom. The summed E-state index contributed by atoms with van der Waals surface area (Å²) in [6, 6.07) is 3.16. The van der Waals surface area contributed by atoms with Crippen LogP contribution in [0, 0.1) is 0 Å². The zero-order valence-corrected chi connectivity index (χ0v) is 9.36. The summed E-state index contributed by atoms with van der Waals surface area (Å²) in [5.41, 5.74) is 2.89. The first-order valence-corrected chi connectivity index (χ1v) is 4.90. The van der Waals surface area contributed by atoms with Gasteiger partial charge in [-0.3, -0.25) is 4.79 Å². The minimum atomic E-state index is -0.177. The number of hydrogen-bond donors (Lipinski definition) is 3. The lowest BCUT2D eigenvalue weighted by atomic mass is 10.2. The van der Waals surface area contributed by atoms with E-state index in [1.165, 1.54) is 6.20 Å². The fourth-order valence-corrected chi connectivity index (χ4v) is 1.25. The molecule has 16 heavy (non-hydrogen) atoms. The third-order valence-corrected chi connectivity index (χ3v) is 1.96. The van der Waals surface area contributed by atoms with Crippen LogP contribution in [0.25, 0.3) is 0 Å². The normalized spacial score (nSPS) is 11.9. The Morgan fingerprint density at radius 3 is 3.06 bits per heavy atom. The van der Waals surface area contributed by atoms with Crippen molar-refractivity contribution in [2.75, 3.05) is 19.1 Å². The van der Waals surface area contributed by atoms with Gasteiger partial charge in [-0.2, -0.15) is 0 Å². The largest absolute Gasteiger partial charge is 0.383 e. The van der Waals surface area contributed by atoms with Crippen LogP contribution >= 0.6 is 0 Å². The number of anilines is 1. The zero-order valence-electron chi connectivity index (χ0n) is 9.36. The van der Waals surface area contributed by atoms with Gasteiger partial charge in [-0.15, -0.1) is 0 Å². The Balaban J connectivity index is 2.65. The molecular formula is C10H16N4O2. The van der Waals surface area contributed by atoms with Gasteiger partial charge < -0.3 is 15.5 Å². The number of pyridine rings is 1. The molecule has 0 saturated heterocycles. The van der Waals surface area contributed by atoms with Gasteiger partial charge >= 0.3 is 0 Å². The molecule has 0 bridgehead atoms. The highest BCUT2D eigenvalue weighted by Crippen LogP contribution is 2.05. The summed E-state index contributed by atoms with van der Waals surface area (Å²) in [4.78, 5) is 15.6. The highest BCUT2D eigenvalue weighted by atomic mass is 16.5. The topological polar surface area (TPSA) is 89.3 Å². The molecule has 0 aliphatic rings. The van der Waals surface area contributed by atoms with Crippen molar-refractivity contribution < 1.29 is 9.53 Å². The van der Waals surface area contributed by atoms with Gasteiger partial charge in [0, 0.05) is 24.9 Å². The molecule has 0 fully saturated rings. The van der Waals surface area contributed by atoms with Gasteiger partial charge in [-0.05, 0) is 19.1 Å². The standard InChI is InChI=1S/C10H16N4O2/c1-7(6-16-2)13-10(15)8-3-4-12-9(5-8)14-11/h3-5,7H,6,11H2,1-2H3,(H,12,14)(H,13,15). The minimum absolute atomic E-state index is 0.0417. The van der Waals surface area contributed by atoms with Crippen LogP contribution < -0.4 is 16.6 Å². The average molecular weight is 224 g/mol. The molecule has 0 radical (unpaired) electrons. The summed E-state index contributed by atoms with van der Waals surface area (Å²) in [6.45, 7) is 2.34. The highest BCUT2D eigenvalue weighted by molar-refractivity contribution is 5.94. The lowest BCUT2D eigenvalue weighted by molar-refractivity contribution is 0.0905. The Kier molecular flexibility index (Phi) is 4.68. The second-order valence-corrected chi connectivity index (χ2v) is 3.40. The fourth-order valence-electron chi connectivity index (χ4n) is 1.25.